The van der Waals surface area contributed by atoms with E-state index < -0.39 is 5.97 Å². The van der Waals surface area contributed by atoms with E-state index in [2.05, 4.69) is 17.2 Å². The molecular weight excluding hydrogens is 410 g/mol. The van der Waals surface area contributed by atoms with Gasteiger partial charge in [-0.25, -0.2) is 9.78 Å². The summed E-state index contributed by atoms with van der Waals surface area (Å²) in [6.45, 7) is 6.64. The predicted molar refractivity (Wildman–Crippen MR) is 116 cm³/mol. The van der Waals surface area contributed by atoms with Gasteiger partial charge in [0.25, 0.3) is 5.91 Å². The van der Waals surface area contributed by atoms with Gasteiger partial charge in [-0.3, -0.25) is 14.5 Å². The Kier molecular flexibility index (Phi) is 9.27. The maximum absolute atomic E-state index is 12.8. The quantitative estimate of drug-likeness (QED) is 0.423. The Hall–Kier alpha value is -2.26. The number of ether oxygens (including phenoxy) is 1. The number of carbonyl (C=O) groups excluding carboxylic acids is 3. The van der Waals surface area contributed by atoms with Gasteiger partial charge in [-0.05, 0) is 31.7 Å². The van der Waals surface area contributed by atoms with E-state index >= 15 is 0 Å². The largest absolute Gasteiger partial charge is 0.462 e. The van der Waals surface area contributed by atoms with Crippen LogP contribution in [0.1, 0.15) is 65.3 Å². The molecule has 158 valence electrons. The SMILES string of the molecule is CCCCCN(C(=O)CCNC(=O)c1ccsc1)c1nc(C)c(C(=O)OCC)s1. The van der Waals surface area contributed by atoms with Crippen LogP contribution in [0.15, 0.2) is 16.8 Å². The monoisotopic (exact) mass is 437 g/mol. The van der Waals surface area contributed by atoms with Gasteiger partial charge in [-0.15, -0.1) is 0 Å². The minimum Gasteiger partial charge on any atom is -0.462 e. The molecule has 0 radical (unpaired) electrons. The molecule has 0 bridgehead atoms. The Bertz CT molecular complexity index is 818. The topological polar surface area (TPSA) is 88.6 Å². The summed E-state index contributed by atoms with van der Waals surface area (Å²) in [5.41, 5.74) is 1.15. The maximum atomic E-state index is 12.8. The van der Waals surface area contributed by atoms with E-state index in [-0.39, 0.29) is 31.4 Å². The Labute approximate surface area is 179 Å². The smallest absolute Gasteiger partial charge is 0.350 e. The number of anilines is 1. The van der Waals surface area contributed by atoms with Crippen LogP contribution in [0, 0.1) is 6.92 Å². The molecule has 2 aromatic heterocycles. The molecule has 0 saturated carbocycles. The fourth-order valence-electron chi connectivity index (χ4n) is 2.64. The normalized spacial score (nSPS) is 10.6. The minimum absolute atomic E-state index is 0.129. The number of aryl methyl sites for hydroxylation is 1. The first-order chi connectivity index (χ1) is 14.0. The third-order valence-electron chi connectivity index (χ3n) is 4.17. The number of carbonyl (C=O) groups is 3. The number of rotatable bonds is 11. The number of esters is 1. The van der Waals surface area contributed by atoms with Crippen molar-refractivity contribution in [3.63, 3.8) is 0 Å². The third-order valence-corrected chi connectivity index (χ3v) is 6.01. The second kappa shape index (κ2) is 11.7. The van der Waals surface area contributed by atoms with Crippen molar-refractivity contribution in [2.75, 3.05) is 24.6 Å². The van der Waals surface area contributed by atoms with Crippen molar-refractivity contribution >= 4 is 45.6 Å². The molecule has 29 heavy (non-hydrogen) atoms. The molecule has 2 rings (SSSR count). The highest BCUT2D eigenvalue weighted by Crippen LogP contribution is 2.27. The van der Waals surface area contributed by atoms with Crippen molar-refractivity contribution in [3.05, 3.63) is 33.0 Å². The predicted octanol–water partition coefficient (Wildman–Crippen LogP) is 4.03. The number of nitrogens with one attached hydrogen (secondary N) is 1. The zero-order valence-electron chi connectivity index (χ0n) is 17.0. The minimum atomic E-state index is -0.419. The lowest BCUT2D eigenvalue weighted by atomic mass is 10.2. The van der Waals surface area contributed by atoms with Crippen LogP contribution in [-0.2, 0) is 9.53 Å². The summed E-state index contributed by atoms with van der Waals surface area (Å²) in [6.07, 6.45) is 3.03. The Morgan fingerprint density at radius 1 is 1.24 bits per heavy atom. The molecule has 0 saturated heterocycles. The first-order valence-corrected chi connectivity index (χ1v) is 11.5. The van der Waals surface area contributed by atoms with Crippen molar-refractivity contribution in [3.8, 4) is 0 Å². The van der Waals surface area contributed by atoms with Crippen LogP contribution in [0.2, 0.25) is 0 Å². The van der Waals surface area contributed by atoms with Crippen LogP contribution in [0.3, 0.4) is 0 Å². The molecule has 0 aliphatic rings. The molecule has 0 aliphatic heterocycles. The molecule has 2 amide bonds. The van der Waals surface area contributed by atoms with E-state index in [0.29, 0.717) is 27.8 Å². The van der Waals surface area contributed by atoms with E-state index in [1.54, 1.807) is 30.2 Å². The summed E-state index contributed by atoms with van der Waals surface area (Å²) < 4.78 is 5.07. The van der Waals surface area contributed by atoms with E-state index in [9.17, 15) is 14.4 Å². The molecule has 0 unspecified atom stereocenters. The second-order valence-electron chi connectivity index (χ2n) is 6.40. The van der Waals surface area contributed by atoms with Crippen LogP contribution < -0.4 is 10.2 Å². The lowest BCUT2D eigenvalue weighted by molar-refractivity contribution is -0.118. The Balaban J connectivity index is 2.04. The van der Waals surface area contributed by atoms with Crippen molar-refractivity contribution in [1.82, 2.24) is 10.3 Å². The number of thiazole rings is 1. The molecule has 1 N–H and O–H groups in total. The van der Waals surface area contributed by atoms with Crippen LogP contribution in [0.25, 0.3) is 0 Å². The molecule has 2 heterocycles. The molecule has 2 aromatic rings. The highest BCUT2D eigenvalue weighted by Gasteiger charge is 2.23. The van der Waals surface area contributed by atoms with E-state index in [4.69, 9.17) is 4.74 Å². The van der Waals surface area contributed by atoms with Crippen LogP contribution in [-0.4, -0.2) is 42.5 Å². The van der Waals surface area contributed by atoms with Gasteiger partial charge in [0, 0.05) is 30.5 Å². The second-order valence-corrected chi connectivity index (χ2v) is 8.16. The van der Waals surface area contributed by atoms with Crippen molar-refractivity contribution in [2.45, 2.75) is 46.5 Å². The standard InChI is InChI=1S/C20H27N3O4S2/c1-4-6-7-11-23(20-22-14(3)17(29-20)19(26)27-5-2)16(24)8-10-21-18(25)15-9-12-28-13-15/h9,12-13H,4-8,10-11H2,1-3H3,(H,21,25). The average Bonchev–Trinajstić information content (AvgIpc) is 3.35. The first kappa shape index (κ1) is 23.0. The zero-order valence-corrected chi connectivity index (χ0v) is 18.7. The van der Waals surface area contributed by atoms with Crippen molar-refractivity contribution in [2.24, 2.45) is 0 Å². The van der Waals surface area contributed by atoms with E-state index in [1.807, 2.05) is 5.38 Å². The number of aromatic nitrogens is 1. The van der Waals surface area contributed by atoms with E-state index in [1.165, 1.54) is 22.7 Å². The number of nitrogens with zero attached hydrogens (tertiary/aromatic N) is 2. The molecule has 0 atom stereocenters. The van der Waals surface area contributed by atoms with Gasteiger partial charge in [0.15, 0.2) is 5.13 Å². The number of hydrogen-bond acceptors (Lipinski definition) is 7. The first-order valence-electron chi connectivity index (χ1n) is 9.73. The molecule has 0 spiro atoms. The molecule has 0 aromatic carbocycles. The molecule has 9 heteroatoms. The lowest BCUT2D eigenvalue weighted by Crippen LogP contribution is -2.35. The van der Waals surface area contributed by atoms with E-state index in [0.717, 1.165) is 19.3 Å². The van der Waals surface area contributed by atoms with Gasteiger partial charge in [0.1, 0.15) is 4.88 Å². The summed E-state index contributed by atoms with van der Waals surface area (Å²) in [5, 5.41) is 6.87. The summed E-state index contributed by atoms with van der Waals surface area (Å²) in [7, 11) is 0. The van der Waals surface area contributed by atoms with Gasteiger partial charge in [0.2, 0.25) is 5.91 Å². The molecule has 0 aliphatic carbocycles. The molecular formula is C20H27N3O4S2. The zero-order chi connectivity index (χ0) is 21.2. The number of amides is 2. The van der Waals surface area contributed by atoms with Gasteiger partial charge in [-0.2, -0.15) is 11.3 Å². The average molecular weight is 438 g/mol. The van der Waals surface area contributed by atoms with Gasteiger partial charge in [-0.1, -0.05) is 31.1 Å². The van der Waals surface area contributed by atoms with Crippen molar-refractivity contribution in [1.29, 1.82) is 0 Å². The highest BCUT2D eigenvalue weighted by atomic mass is 32.1. The molecule has 0 fully saturated rings. The van der Waals surface area contributed by atoms with Crippen LogP contribution in [0.4, 0.5) is 5.13 Å². The van der Waals surface area contributed by atoms with Crippen molar-refractivity contribution < 1.29 is 19.1 Å². The number of unbranched alkanes of at least 4 members (excludes halogenated alkanes) is 2. The van der Waals surface area contributed by atoms with Crippen LogP contribution >= 0.6 is 22.7 Å². The van der Waals surface area contributed by atoms with Gasteiger partial charge in [0.05, 0.1) is 12.3 Å². The molecule has 7 nitrogen and oxygen atoms in total. The highest BCUT2D eigenvalue weighted by molar-refractivity contribution is 7.17. The maximum Gasteiger partial charge on any atom is 0.350 e. The number of thiophene rings is 1. The lowest BCUT2D eigenvalue weighted by Gasteiger charge is -2.20. The summed E-state index contributed by atoms with van der Waals surface area (Å²) in [5.74, 6) is -0.736. The van der Waals surface area contributed by atoms with Crippen LogP contribution in [0.5, 0.6) is 0 Å². The third kappa shape index (κ3) is 6.64. The summed E-state index contributed by atoms with van der Waals surface area (Å²) in [4.78, 5) is 43.4. The van der Waals surface area contributed by atoms with Gasteiger partial charge < -0.3 is 10.1 Å². The summed E-state index contributed by atoms with van der Waals surface area (Å²) >= 11 is 2.62. The number of hydrogen-bond donors (Lipinski definition) is 1. The Morgan fingerprint density at radius 3 is 2.69 bits per heavy atom. The fourth-order valence-corrected chi connectivity index (χ4v) is 4.28. The van der Waals surface area contributed by atoms with Gasteiger partial charge >= 0.3 is 5.97 Å². The Morgan fingerprint density at radius 2 is 2.03 bits per heavy atom. The fraction of sp³-hybridized carbons (Fsp3) is 0.500. The summed E-state index contributed by atoms with van der Waals surface area (Å²) in [6, 6.07) is 1.74.